The minimum atomic E-state index is -0.657. The fourth-order valence-electron chi connectivity index (χ4n) is 11.9. The first kappa shape index (κ1) is 56.2. The Labute approximate surface area is 506 Å². The summed E-state index contributed by atoms with van der Waals surface area (Å²) >= 11 is 0. The maximum Gasteiger partial charge on any atom is 0.334 e. The standard InChI is InChI=1S/C69H54N8O12/c1-33(69(82)89-8)56-46-27-36(74-76-61-57-34(17-21-44-42-13-9-11-15-50(42)72-59(44)57)25-48(63(61)78)67(80)70-38-29-52(83-2)65(87-6)53(30-38)84-3)19-23-40(46)41-24-20-37(28-47(41)56)75-77-62-58-35(18-22-45-43-14-10-12-16-51(43)73-60(45)58)26-49(64(62)79)68(81)71-39-31-54(85-4)66(88-7)55(32-39)86-5/h9-32,72-73,78-79H,1-8H3,(H,70,80)(H,71,81). The van der Waals surface area contributed by atoms with Gasteiger partial charge in [0.05, 0.1) is 83.3 Å². The van der Waals surface area contributed by atoms with E-state index in [1.807, 2.05) is 84.9 Å². The molecule has 2 amide bonds. The van der Waals surface area contributed by atoms with E-state index in [0.29, 0.717) is 107 Å². The van der Waals surface area contributed by atoms with Crippen molar-refractivity contribution in [2.24, 2.45) is 20.5 Å². The van der Waals surface area contributed by atoms with Crippen LogP contribution in [0.2, 0.25) is 0 Å². The summed E-state index contributed by atoms with van der Waals surface area (Å²) in [6.45, 7) is 1.66. The van der Waals surface area contributed by atoms with Gasteiger partial charge in [0.2, 0.25) is 11.5 Å². The van der Waals surface area contributed by atoms with Crippen molar-refractivity contribution in [1.29, 1.82) is 0 Å². The summed E-state index contributed by atoms with van der Waals surface area (Å²) in [4.78, 5) is 49.3. The Morgan fingerprint density at radius 1 is 0.438 bits per heavy atom. The van der Waals surface area contributed by atoms with Gasteiger partial charge in [-0.25, -0.2) is 4.79 Å². The number of methoxy groups -OCH3 is 7. The monoisotopic (exact) mass is 1190 g/mol. The summed E-state index contributed by atoms with van der Waals surface area (Å²) in [5.74, 6) is -0.871. The lowest BCUT2D eigenvalue weighted by Crippen LogP contribution is -2.12. The molecule has 0 radical (unpaired) electrons. The average Bonchev–Trinajstić information content (AvgIpc) is 1.71. The molecule has 442 valence electrons. The highest BCUT2D eigenvalue weighted by atomic mass is 16.5. The number of amides is 2. The molecule has 0 saturated heterocycles. The lowest BCUT2D eigenvalue weighted by atomic mass is 9.98. The number of fused-ring (bicyclic) bond motifs is 13. The van der Waals surface area contributed by atoms with Crippen LogP contribution in [0, 0.1) is 0 Å². The van der Waals surface area contributed by atoms with Gasteiger partial charge in [0.25, 0.3) is 11.8 Å². The van der Waals surface area contributed by atoms with Crippen LogP contribution in [-0.4, -0.2) is 87.7 Å². The number of aromatic hydroxyl groups is 2. The number of benzene rings is 10. The molecule has 0 saturated carbocycles. The number of phenols is 2. The maximum absolute atomic E-state index is 14.3. The molecule has 0 unspecified atom stereocenters. The van der Waals surface area contributed by atoms with Gasteiger partial charge in [-0.2, -0.15) is 10.2 Å². The molecular weight excluding hydrogens is 1130 g/mol. The maximum atomic E-state index is 14.3. The molecule has 0 aliphatic heterocycles. The number of aromatic nitrogens is 2. The number of phenolic OH excluding ortho intramolecular Hbond substituents is 2. The van der Waals surface area contributed by atoms with Crippen LogP contribution in [0.3, 0.4) is 0 Å². The number of rotatable bonds is 15. The normalized spacial score (nSPS) is 11.9. The van der Waals surface area contributed by atoms with Crippen LogP contribution in [0.1, 0.15) is 38.8 Å². The van der Waals surface area contributed by atoms with Gasteiger partial charge in [0, 0.05) is 90.1 Å². The van der Waals surface area contributed by atoms with E-state index in [2.05, 4.69) is 20.6 Å². The molecular formula is C69H54N8O12. The van der Waals surface area contributed by atoms with E-state index in [0.717, 1.165) is 43.7 Å². The molecule has 2 aromatic heterocycles. The number of H-pyrrole nitrogens is 2. The fourth-order valence-corrected chi connectivity index (χ4v) is 11.9. The molecule has 0 atom stereocenters. The Morgan fingerprint density at radius 3 is 1.22 bits per heavy atom. The molecule has 13 rings (SSSR count). The Morgan fingerprint density at radius 2 is 0.843 bits per heavy atom. The van der Waals surface area contributed by atoms with Gasteiger partial charge in [-0.1, -0.05) is 72.8 Å². The highest BCUT2D eigenvalue weighted by molar-refractivity contribution is 6.24. The summed E-state index contributed by atoms with van der Waals surface area (Å²) < 4.78 is 38.4. The highest BCUT2D eigenvalue weighted by Crippen LogP contribution is 2.51. The topological polar surface area (TPSA) is 261 Å². The highest BCUT2D eigenvalue weighted by Gasteiger charge is 2.30. The van der Waals surface area contributed by atoms with Crippen molar-refractivity contribution in [2.75, 3.05) is 60.4 Å². The van der Waals surface area contributed by atoms with Gasteiger partial charge in [-0.05, 0) is 88.5 Å². The van der Waals surface area contributed by atoms with Crippen molar-refractivity contribution in [3.63, 3.8) is 0 Å². The molecule has 89 heavy (non-hydrogen) atoms. The zero-order valence-corrected chi connectivity index (χ0v) is 49.1. The van der Waals surface area contributed by atoms with E-state index in [1.165, 1.54) is 49.8 Å². The number of hydrogen-bond acceptors (Lipinski definition) is 16. The van der Waals surface area contributed by atoms with Crippen molar-refractivity contribution in [3.05, 3.63) is 173 Å². The van der Waals surface area contributed by atoms with E-state index in [1.54, 1.807) is 67.6 Å². The number of nitrogens with one attached hydrogen (secondary N) is 4. The molecule has 0 bridgehead atoms. The number of ether oxygens (including phenoxy) is 7. The Hall–Kier alpha value is -11.9. The number of para-hydroxylation sites is 2. The Balaban J connectivity index is 0.898. The van der Waals surface area contributed by atoms with Crippen LogP contribution in [0.25, 0.3) is 81.9 Å². The first-order valence-corrected chi connectivity index (χ1v) is 27.8. The van der Waals surface area contributed by atoms with Crippen LogP contribution >= 0.6 is 0 Å². The first-order chi connectivity index (χ1) is 43.3. The van der Waals surface area contributed by atoms with Crippen LogP contribution in [0.4, 0.5) is 34.1 Å². The third kappa shape index (κ3) is 9.46. The Bertz CT molecular complexity index is 4750. The molecule has 0 fully saturated rings. The quantitative estimate of drug-likeness (QED) is 0.0318. The van der Waals surface area contributed by atoms with Gasteiger partial charge < -0.3 is 64.0 Å². The van der Waals surface area contributed by atoms with Gasteiger partial charge >= 0.3 is 5.97 Å². The third-order valence-corrected chi connectivity index (χ3v) is 16.0. The summed E-state index contributed by atoms with van der Waals surface area (Å²) in [5.41, 5.74) is 7.75. The number of anilines is 2. The molecule has 0 spiro atoms. The van der Waals surface area contributed by atoms with Crippen molar-refractivity contribution < 1.29 is 57.8 Å². The Kier molecular flexibility index (Phi) is 14.2. The first-order valence-electron chi connectivity index (χ1n) is 27.8. The third-order valence-electron chi connectivity index (χ3n) is 16.0. The number of carbonyl (C=O) groups is 3. The number of esters is 1. The summed E-state index contributed by atoms with van der Waals surface area (Å²) in [6.07, 6.45) is 0. The molecule has 12 aromatic rings. The number of nitrogens with zero attached hydrogens (tertiary/aromatic N) is 4. The summed E-state index contributed by atoms with van der Waals surface area (Å²) in [7, 11) is 10.1. The molecule has 6 N–H and O–H groups in total. The lowest BCUT2D eigenvalue weighted by Gasteiger charge is -2.15. The van der Waals surface area contributed by atoms with Crippen molar-refractivity contribution in [1.82, 2.24) is 9.97 Å². The minimum absolute atomic E-state index is 0.0174. The van der Waals surface area contributed by atoms with Gasteiger partial charge in [-0.3, -0.25) is 9.59 Å². The second kappa shape index (κ2) is 22.5. The lowest BCUT2D eigenvalue weighted by molar-refractivity contribution is -0.135. The predicted molar refractivity (Wildman–Crippen MR) is 342 cm³/mol. The number of aromatic amines is 2. The van der Waals surface area contributed by atoms with E-state index in [-0.39, 0.29) is 28.1 Å². The zero-order valence-electron chi connectivity index (χ0n) is 49.1. The van der Waals surface area contributed by atoms with Crippen molar-refractivity contribution >= 4 is 123 Å². The van der Waals surface area contributed by atoms with E-state index in [9.17, 15) is 24.6 Å². The van der Waals surface area contributed by atoms with Crippen molar-refractivity contribution in [2.45, 2.75) is 6.92 Å². The van der Waals surface area contributed by atoms with E-state index < -0.39 is 29.3 Å². The van der Waals surface area contributed by atoms with E-state index in [4.69, 9.17) is 53.6 Å². The van der Waals surface area contributed by atoms with Crippen molar-refractivity contribution in [3.8, 4) is 57.1 Å². The molecule has 1 aliphatic carbocycles. The average molecular weight is 1190 g/mol. The molecule has 10 aromatic carbocycles. The number of azo groups is 2. The van der Waals surface area contributed by atoms with Crippen LogP contribution in [-0.2, 0) is 9.53 Å². The van der Waals surface area contributed by atoms with E-state index >= 15 is 0 Å². The van der Waals surface area contributed by atoms with Gasteiger partial charge in [-0.15, -0.1) is 10.2 Å². The molecule has 20 heteroatoms. The largest absolute Gasteiger partial charge is 0.505 e. The SMILES string of the molecule is COC(=O)C(C)=C1c2cc(N=Nc3c(O)c(C(=O)Nc4cc(OC)c(OC)c(OC)c4)cc4ccc5c6ccccc6[nH]c5c34)ccc2-c2ccc(N=Nc3c(O)c(C(=O)Nc4cc(OC)c(OC)c(OC)c4)cc4ccc5c6ccccc6[nH]c5c34)cc21. The van der Waals surface area contributed by atoms with Gasteiger partial charge in [0.1, 0.15) is 11.4 Å². The molecule has 2 heterocycles. The smallest absolute Gasteiger partial charge is 0.334 e. The van der Waals surface area contributed by atoms with Gasteiger partial charge in [0.15, 0.2) is 34.5 Å². The molecule has 20 nitrogen and oxygen atoms in total. The van der Waals surface area contributed by atoms with Crippen LogP contribution in [0.5, 0.6) is 46.0 Å². The summed E-state index contributed by atoms with van der Waals surface area (Å²) in [5, 5.41) is 55.2. The summed E-state index contributed by atoms with van der Waals surface area (Å²) in [6, 6.07) is 43.6. The van der Waals surface area contributed by atoms with Crippen LogP contribution < -0.4 is 39.1 Å². The minimum Gasteiger partial charge on any atom is -0.505 e. The number of hydrogen-bond donors (Lipinski definition) is 6. The number of carbonyl (C=O) groups excluding carboxylic acids is 3. The zero-order chi connectivity index (χ0) is 61.9. The van der Waals surface area contributed by atoms with Crippen LogP contribution in [0.15, 0.2) is 172 Å². The fraction of sp³-hybridized carbons (Fsp3) is 0.116. The second-order valence-corrected chi connectivity index (χ2v) is 20.8. The second-order valence-electron chi connectivity index (χ2n) is 20.8. The predicted octanol–water partition coefficient (Wildman–Crippen LogP) is 16.0. The molecule has 1 aliphatic rings.